The highest BCUT2D eigenvalue weighted by atomic mass is 16.4. The first-order valence-corrected chi connectivity index (χ1v) is 7.56. The highest BCUT2D eigenvalue weighted by Gasteiger charge is 2.32. The van der Waals surface area contributed by atoms with Crippen LogP contribution in [-0.2, 0) is 4.79 Å². The molecule has 0 aromatic carbocycles. The van der Waals surface area contributed by atoms with Crippen molar-refractivity contribution in [2.75, 3.05) is 6.54 Å². The molecule has 0 radical (unpaired) electrons. The third kappa shape index (κ3) is 3.85. The van der Waals surface area contributed by atoms with Crippen molar-refractivity contribution in [2.45, 2.75) is 69.6 Å². The molecule has 1 saturated carbocycles. The van der Waals surface area contributed by atoms with Gasteiger partial charge in [0.15, 0.2) is 0 Å². The molecule has 20 heavy (non-hydrogen) atoms. The zero-order chi connectivity index (χ0) is 14.5. The van der Waals surface area contributed by atoms with Crippen LogP contribution in [0.2, 0.25) is 0 Å². The van der Waals surface area contributed by atoms with E-state index in [1.807, 2.05) is 0 Å². The number of hydrogen-bond acceptors (Lipinski definition) is 3. The van der Waals surface area contributed by atoms with Crippen LogP contribution in [0.5, 0.6) is 0 Å². The first-order chi connectivity index (χ1) is 9.58. The van der Waals surface area contributed by atoms with Crippen LogP contribution in [0.4, 0.5) is 4.79 Å². The predicted octanol–water partition coefficient (Wildman–Crippen LogP) is 1.33. The average molecular weight is 284 g/mol. The Hall–Kier alpha value is -1.30. The number of carbonyl (C=O) groups is 2. The predicted molar refractivity (Wildman–Crippen MR) is 73.4 cm³/mol. The zero-order valence-electron chi connectivity index (χ0n) is 11.8. The summed E-state index contributed by atoms with van der Waals surface area (Å²) in [4.78, 5) is 25.1. The van der Waals surface area contributed by atoms with Crippen molar-refractivity contribution in [1.29, 1.82) is 0 Å². The van der Waals surface area contributed by atoms with Gasteiger partial charge in [-0.3, -0.25) is 0 Å². The summed E-state index contributed by atoms with van der Waals surface area (Å²) >= 11 is 0. The minimum Gasteiger partial charge on any atom is -0.480 e. The maximum Gasteiger partial charge on any atom is 0.326 e. The molecule has 1 atom stereocenters. The Labute approximate surface area is 119 Å². The summed E-state index contributed by atoms with van der Waals surface area (Å²) in [5.74, 6) is -0.916. The molecule has 1 aliphatic heterocycles. The fraction of sp³-hybridized carbons (Fsp3) is 0.857. The molecule has 1 unspecified atom stereocenters. The Kier molecular flexibility index (Phi) is 5.23. The molecule has 1 heterocycles. The van der Waals surface area contributed by atoms with Crippen LogP contribution in [0.15, 0.2) is 0 Å². The van der Waals surface area contributed by atoms with E-state index in [4.69, 9.17) is 0 Å². The van der Waals surface area contributed by atoms with E-state index in [0.29, 0.717) is 25.8 Å². The molecule has 6 heteroatoms. The average Bonchev–Trinajstić information content (AvgIpc) is 2.67. The van der Waals surface area contributed by atoms with Gasteiger partial charge in [-0.05, 0) is 38.5 Å². The van der Waals surface area contributed by atoms with Crippen molar-refractivity contribution in [3.05, 3.63) is 0 Å². The van der Waals surface area contributed by atoms with Gasteiger partial charge in [0.25, 0.3) is 0 Å². The van der Waals surface area contributed by atoms with Crippen LogP contribution in [0.1, 0.15) is 51.4 Å². The first kappa shape index (κ1) is 15.1. The Morgan fingerprint density at radius 3 is 2.35 bits per heavy atom. The number of nitrogens with one attached hydrogen (secondary N) is 1. The fourth-order valence-electron chi connectivity index (χ4n) is 3.09. The van der Waals surface area contributed by atoms with Crippen LogP contribution in [0.25, 0.3) is 0 Å². The summed E-state index contributed by atoms with van der Waals surface area (Å²) in [5, 5.41) is 21.7. The third-order valence-electron chi connectivity index (χ3n) is 4.32. The second-order valence-electron chi connectivity index (χ2n) is 5.85. The minimum absolute atomic E-state index is 0.0589. The standard InChI is InChI=1S/C14H24N2O4/c17-11-7-5-10(6-8-11)15-14(20)16-9-3-1-2-4-12(16)13(18)19/h10-12,17H,1-9H2,(H,15,20)(H,18,19). The van der Waals surface area contributed by atoms with E-state index in [2.05, 4.69) is 5.32 Å². The summed E-state index contributed by atoms with van der Waals surface area (Å²) < 4.78 is 0. The van der Waals surface area contributed by atoms with Crippen molar-refractivity contribution in [1.82, 2.24) is 10.2 Å². The smallest absolute Gasteiger partial charge is 0.326 e. The molecule has 0 bridgehead atoms. The largest absolute Gasteiger partial charge is 0.480 e. The third-order valence-corrected chi connectivity index (χ3v) is 4.32. The lowest BCUT2D eigenvalue weighted by Crippen LogP contribution is -2.52. The van der Waals surface area contributed by atoms with Crippen molar-refractivity contribution in [3.63, 3.8) is 0 Å². The highest BCUT2D eigenvalue weighted by Crippen LogP contribution is 2.20. The van der Waals surface area contributed by atoms with Crippen LogP contribution in [-0.4, -0.2) is 51.8 Å². The number of carboxylic acids is 1. The van der Waals surface area contributed by atoms with Crippen molar-refractivity contribution in [3.8, 4) is 0 Å². The van der Waals surface area contributed by atoms with Gasteiger partial charge in [0.1, 0.15) is 6.04 Å². The number of aliphatic hydroxyl groups is 1. The van der Waals surface area contributed by atoms with E-state index in [-0.39, 0.29) is 18.2 Å². The van der Waals surface area contributed by atoms with Crippen LogP contribution in [0, 0.1) is 0 Å². The summed E-state index contributed by atoms with van der Waals surface area (Å²) in [5.41, 5.74) is 0. The molecule has 6 nitrogen and oxygen atoms in total. The highest BCUT2D eigenvalue weighted by molar-refractivity contribution is 5.82. The Morgan fingerprint density at radius 1 is 1.00 bits per heavy atom. The fourth-order valence-corrected chi connectivity index (χ4v) is 3.09. The van der Waals surface area contributed by atoms with Crippen LogP contribution in [0.3, 0.4) is 0 Å². The van der Waals surface area contributed by atoms with E-state index in [1.54, 1.807) is 0 Å². The van der Waals surface area contributed by atoms with E-state index >= 15 is 0 Å². The van der Waals surface area contributed by atoms with Crippen LogP contribution >= 0.6 is 0 Å². The Morgan fingerprint density at radius 2 is 1.70 bits per heavy atom. The SMILES string of the molecule is O=C(O)C1CCCCCN1C(=O)NC1CCC(O)CC1. The number of likely N-dealkylation sites (tertiary alicyclic amines) is 1. The number of hydrogen-bond donors (Lipinski definition) is 3. The number of carbonyl (C=O) groups excluding carboxylic acids is 1. The van der Waals surface area contributed by atoms with Crippen molar-refractivity contribution in [2.24, 2.45) is 0 Å². The van der Waals surface area contributed by atoms with Crippen LogP contribution < -0.4 is 5.32 Å². The number of carboxylic acid groups (broad SMARTS) is 1. The molecule has 0 aromatic rings. The maximum atomic E-state index is 12.3. The van der Waals surface area contributed by atoms with Gasteiger partial charge in [0, 0.05) is 12.6 Å². The van der Waals surface area contributed by atoms with Gasteiger partial charge >= 0.3 is 12.0 Å². The van der Waals surface area contributed by atoms with E-state index < -0.39 is 12.0 Å². The van der Waals surface area contributed by atoms with Gasteiger partial charge in [0.05, 0.1) is 6.10 Å². The van der Waals surface area contributed by atoms with E-state index in [1.165, 1.54) is 4.90 Å². The summed E-state index contributed by atoms with van der Waals surface area (Å²) in [6.45, 7) is 0.512. The summed E-state index contributed by atoms with van der Waals surface area (Å²) in [6, 6.07) is -0.907. The second-order valence-corrected chi connectivity index (χ2v) is 5.85. The molecular formula is C14H24N2O4. The molecule has 1 saturated heterocycles. The molecule has 1 aliphatic carbocycles. The normalized spacial score (nSPS) is 31.4. The van der Waals surface area contributed by atoms with E-state index in [9.17, 15) is 19.8 Å². The molecule has 2 amide bonds. The Balaban J connectivity index is 1.93. The van der Waals surface area contributed by atoms with Gasteiger partial charge in [-0.2, -0.15) is 0 Å². The second kappa shape index (κ2) is 6.92. The molecule has 2 rings (SSSR count). The molecule has 2 aliphatic rings. The quantitative estimate of drug-likeness (QED) is 0.713. The lowest BCUT2D eigenvalue weighted by molar-refractivity contribution is -0.142. The minimum atomic E-state index is -0.916. The van der Waals surface area contributed by atoms with Gasteiger partial charge < -0.3 is 20.4 Å². The Bertz CT molecular complexity index is 353. The zero-order valence-corrected chi connectivity index (χ0v) is 11.8. The first-order valence-electron chi connectivity index (χ1n) is 7.56. The molecule has 3 N–H and O–H groups in total. The molecule has 2 fully saturated rings. The van der Waals surface area contributed by atoms with Gasteiger partial charge in [-0.25, -0.2) is 9.59 Å². The maximum absolute atomic E-state index is 12.3. The summed E-state index contributed by atoms with van der Waals surface area (Å²) in [6.07, 6.45) is 5.90. The van der Waals surface area contributed by atoms with Gasteiger partial charge in [-0.15, -0.1) is 0 Å². The molecular weight excluding hydrogens is 260 g/mol. The van der Waals surface area contributed by atoms with Crippen molar-refractivity contribution < 1.29 is 19.8 Å². The van der Waals surface area contributed by atoms with Crippen molar-refractivity contribution >= 4 is 12.0 Å². The lowest BCUT2D eigenvalue weighted by Gasteiger charge is -2.31. The number of urea groups is 1. The monoisotopic (exact) mass is 284 g/mol. The lowest BCUT2D eigenvalue weighted by atomic mass is 9.93. The number of amides is 2. The molecule has 0 aromatic heterocycles. The number of rotatable bonds is 2. The molecule has 0 spiro atoms. The summed E-state index contributed by atoms with van der Waals surface area (Å²) in [7, 11) is 0. The topological polar surface area (TPSA) is 89.9 Å². The van der Waals surface area contributed by atoms with Gasteiger partial charge in [0.2, 0.25) is 0 Å². The molecule has 114 valence electrons. The number of nitrogens with zero attached hydrogens (tertiary/aromatic N) is 1. The van der Waals surface area contributed by atoms with E-state index in [0.717, 1.165) is 32.1 Å². The number of aliphatic hydroxyl groups excluding tert-OH is 1. The number of aliphatic carboxylic acids is 1. The van der Waals surface area contributed by atoms with Gasteiger partial charge in [-0.1, -0.05) is 12.8 Å².